The number of para-hydroxylation sites is 2. The fourth-order valence-corrected chi connectivity index (χ4v) is 6.12. The van der Waals surface area contributed by atoms with E-state index in [9.17, 15) is 20.1 Å². The highest BCUT2D eigenvalue weighted by atomic mass is 35.5. The Morgan fingerprint density at radius 1 is 1.13 bits per heavy atom. The number of benzene rings is 2. The zero-order valence-electron chi connectivity index (χ0n) is 25.5. The number of unbranched alkanes of at least 4 members (excludes halogenated alkanes) is 6. The molecule has 1 aromatic heterocycles. The highest BCUT2D eigenvalue weighted by molar-refractivity contribution is 6.38. The van der Waals surface area contributed by atoms with Gasteiger partial charge in [0.2, 0.25) is 0 Å². The van der Waals surface area contributed by atoms with E-state index in [-0.39, 0.29) is 28.0 Å². The van der Waals surface area contributed by atoms with Gasteiger partial charge < -0.3 is 39.4 Å². The number of halogens is 2. The molecule has 0 unspecified atom stereocenters. The van der Waals surface area contributed by atoms with Crippen LogP contribution in [0.1, 0.15) is 66.7 Å². The number of aromatic nitrogens is 2. The number of carbonyl (C=O) groups is 1. The second-order valence-electron chi connectivity index (χ2n) is 11.1. The largest absolute Gasteiger partial charge is 0.483 e. The van der Waals surface area contributed by atoms with Crippen LogP contribution in [0.25, 0.3) is 11.0 Å². The number of terminal acetylenes is 1. The van der Waals surface area contributed by atoms with Crippen molar-refractivity contribution in [1.29, 1.82) is 0 Å². The summed E-state index contributed by atoms with van der Waals surface area (Å²) in [7, 11) is 1.33. The van der Waals surface area contributed by atoms with Crippen LogP contribution >= 0.6 is 23.2 Å². The summed E-state index contributed by atoms with van der Waals surface area (Å²) in [6, 6.07) is 8.23. The number of carbonyl (C=O) groups excluding carboxylic acids is 1. The number of aliphatic hydroxyl groups is 3. The predicted molar refractivity (Wildman–Crippen MR) is 172 cm³/mol. The lowest BCUT2D eigenvalue weighted by molar-refractivity contribution is -0.261. The minimum absolute atomic E-state index is 0.107. The van der Waals surface area contributed by atoms with Crippen LogP contribution in [0.15, 0.2) is 30.3 Å². The molecule has 45 heavy (non-hydrogen) atoms. The van der Waals surface area contributed by atoms with Crippen LogP contribution < -0.4 is 10.1 Å². The minimum Gasteiger partial charge on any atom is -0.483 e. The van der Waals surface area contributed by atoms with Gasteiger partial charge in [0.25, 0.3) is 5.91 Å². The van der Waals surface area contributed by atoms with Crippen molar-refractivity contribution >= 4 is 40.1 Å². The molecular weight excluding hydrogens is 621 g/mol. The predicted octanol–water partition coefficient (Wildman–Crippen LogP) is 4.78. The molecule has 0 radical (unpaired) electrons. The number of imidazole rings is 1. The lowest BCUT2D eigenvalue weighted by Crippen LogP contribution is -2.64. The van der Waals surface area contributed by atoms with E-state index >= 15 is 0 Å². The van der Waals surface area contributed by atoms with Crippen LogP contribution in [0.2, 0.25) is 10.0 Å². The maximum atomic E-state index is 13.3. The van der Waals surface area contributed by atoms with E-state index in [2.05, 4.69) is 15.8 Å². The highest BCUT2D eigenvalue weighted by Gasteiger charge is 2.45. The normalized spacial score (nSPS) is 21.5. The molecular formula is C33H41Cl2N3O7. The summed E-state index contributed by atoms with van der Waals surface area (Å²) in [4.78, 5) is 18.1. The third kappa shape index (κ3) is 8.29. The van der Waals surface area contributed by atoms with Crippen LogP contribution in [0, 0.1) is 19.3 Å². The topological polar surface area (TPSA) is 135 Å². The summed E-state index contributed by atoms with van der Waals surface area (Å²) >= 11 is 13.3. The molecule has 1 aliphatic heterocycles. The Bertz CT molecular complexity index is 1490. The van der Waals surface area contributed by atoms with Crippen LogP contribution in [0.4, 0.5) is 0 Å². The Balaban J connectivity index is 1.45. The van der Waals surface area contributed by atoms with Crippen molar-refractivity contribution in [2.75, 3.05) is 13.7 Å². The molecule has 244 valence electrons. The van der Waals surface area contributed by atoms with Crippen molar-refractivity contribution in [1.82, 2.24) is 14.9 Å². The van der Waals surface area contributed by atoms with E-state index in [1.54, 1.807) is 6.92 Å². The number of fused-ring (bicyclic) bond motifs is 1. The van der Waals surface area contributed by atoms with Gasteiger partial charge in [-0.1, -0.05) is 61.0 Å². The minimum atomic E-state index is -1.46. The number of rotatable bonds is 15. The number of ether oxygens (including phenoxy) is 3. The summed E-state index contributed by atoms with van der Waals surface area (Å²) in [6.07, 6.45) is 7.72. The molecule has 0 bridgehead atoms. The quantitative estimate of drug-likeness (QED) is 0.135. The van der Waals surface area contributed by atoms with Crippen molar-refractivity contribution in [2.24, 2.45) is 0 Å². The standard InChI is InChI=1S/C33H41Cl2N3O7/c1-4-5-6-7-8-9-10-13-16-38-24-15-12-11-14-23(24)36-26(38)19-44-31-22(34)17-21(20(2)27(31)35)32(42)37-28-30(41)29(40)25(18-39)45-33(28)43-3/h1,11-12,14-15,17,25,28-30,33,39-41H,5-10,13,16,18-19H2,2-3H3,(H,37,42)/t25-,28-,29-,30-,33+/m1/s1. The molecule has 12 heteroatoms. The molecule has 1 saturated heterocycles. The second kappa shape index (κ2) is 16.6. The SMILES string of the molecule is C#CCCCCCCCCn1c(COc2c(Cl)cc(C(=O)N[C@H]3[C@@H](OC)O[C@H](CO)[C@@H](O)[C@@H]3O)c(C)c2Cl)nc2ccccc21. The lowest BCUT2D eigenvalue weighted by Gasteiger charge is -2.41. The van der Waals surface area contributed by atoms with Gasteiger partial charge in [-0.15, -0.1) is 12.3 Å². The number of hydrogen-bond acceptors (Lipinski definition) is 8. The molecule has 1 aliphatic rings. The zero-order valence-corrected chi connectivity index (χ0v) is 27.1. The average Bonchev–Trinajstić information content (AvgIpc) is 3.39. The van der Waals surface area contributed by atoms with Crippen LogP contribution in [0.5, 0.6) is 5.75 Å². The first kappa shape index (κ1) is 35.0. The molecule has 5 atom stereocenters. The van der Waals surface area contributed by atoms with Crippen LogP contribution in [0.3, 0.4) is 0 Å². The Labute approximate surface area is 273 Å². The summed E-state index contributed by atoms with van der Waals surface area (Å²) in [6.45, 7) is 2.02. The summed E-state index contributed by atoms with van der Waals surface area (Å²) in [5, 5.41) is 33.2. The number of methoxy groups -OCH3 is 1. The molecule has 0 spiro atoms. The van der Waals surface area contributed by atoms with Gasteiger partial charge in [-0.25, -0.2) is 4.98 Å². The Kier molecular flexibility index (Phi) is 12.9. The van der Waals surface area contributed by atoms with Crippen LogP contribution in [-0.4, -0.2) is 75.1 Å². The van der Waals surface area contributed by atoms with E-state index in [0.29, 0.717) is 5.56 Å². The van der Waals surface area contributed by atoms with E-state index in [1.807, 2.05) is 24.3 Å². The summed E-state index contributed by atoms with van der Waals surface area (Å²) < 4.78 is 19.0. The molecule has 10 nitrogen and oxygen atoms in total. The third-order valence-corrected chi connectivity index (χ3v) is 8.84. The van der Waals surface area contributed by atoms with Crippen molar-refractivity contribution in [3.63, 3.8) is 0 Å². The maximum absolute atomic E-state index is 13.3. The molecule has 0 saturated carbocycles. The second-order valence-corrected chi connectivity index (χ2v) is 11.9. The Hall–Kier alpha value is -2.88. The molecule has 4 N–H and O–H groups in total. The van der Waals surface area contributed by atoms with Gasteiger partial charge in [-0.3, -0.25) is 4.79 Å². The van der Waals surface area contributed by atoms with Gasteiger partial charge >= 0.3 is 0 Å². The van der Waals surface area contributed by atoms with Crippen molar-refractivity contribution in [2.45, 2.75) is 95.7 Å². The third-order valence-electron chi connectivity index (χ3n) is 8.11. The fourth-order valence-electron chi connectivity index (χ4n) is 5.55. The first-order valence-corrected chi connectivity index (χ1v) is 15.9. The lowest BCUT2D eigenvalue weighted by atomic mass is 9.96. The van der Waals surface area contributed by atoms with E-state index in [0.717, 1.165) is 61.9 Å². The fraction of sp³-hybridized carbons (Fsp3) is 0.515. The molecule has 1 fully saturated rings. The van der Waals surface area contributed by atoms with Crippen molar-refractivity contribution < 1.29 is 34.3 Å². The monoisotopic (exact) mass is 661 g/mol. The number of amides is 1. The van der Waals surface area contributed by atoms with E-state index in [4.69, 9.17) is 48.8 Å². The summed E-state index contributed by atoms with van der Waals surface area (Å²) in [5.41, 5.74) is 2.43. The Morgan fingerprint density at radius 3 is 2.56 bits per heavy atom. The van der Waals surface area contributed by atoms with Gasteiger partial charge in [-0.05, 0) is 43.5 Å². The smallest absolute Gasteiger partial charge is 0.252 e. The van der Waals surface area contributed by atoms with Crippen LogP contribution in [-0.2, 0) is 22.6 Å². The van der Waals surface area contributed by atoms with Crippen molar-refractivity contribution in [3.05, 3.63) is 57.3 Å². The molecule has 2 aromatic carbocycles. The molecule has 3 aromatic rings. The van der Waals surface area contributed by atoms with Crippen molar-refractivity contribution in [3.8, 4) is 18.1 Å². The molecule has 0 aliphatic carbocycles. The van der Waals surface area contributed by atoms with Gasteiger partial charge in [-0.2, -0.15) is 0 Å². The van der Waals surface area contributed by atoms with E-state index in [1.165, 1.54) is 19.6 Å². The number of nitrogens with one attached hydrogen (secondary N) is 1. The number of aliphatic hydroxyl groups excluding tert-OH is 3. The van der Waals surface area contributed by atoms with E-state index < -0.39 is 43.2 Å². The molecule has 4 rings (SSSR count). The number of hydrogen-bond donors (Lipinski definition) is 4. The highest BCUT2D eigenvalue weighted by Crippen LogP contribution is 2.38. The average molecular weight is 663 g/mol. The summed E-state index contributed by atoms with van der Waals surface area (Å²) in [5.74, 6) is 3.02. The molecule has 2 heterocycles. The maximum Gasteiger partial charge on any atom is 0.252 e. The first-order chi connectivity index (χ1) is 21.7. The van der Waals surface area contributed by atoms with Gasteiger partial charge in [0.05, 0.1) is 27.7 Å². The Morgan fingerprint density at radius 2 is 1.84 bits per heavy atom. The number of aryl methyl sites for hydroxylation is 1. The first-order valence-electron chi connectivity index (χ1n) is 15.2. The van der Waals surface area contributed by atoms with Gasteiger partial charge in [0.15, 0.2) is 12.0 Å². The van der Waals surface area contributed by atoms with Gasteiger partial charge in [0.1, 0.15) is 36.8 Å². The zero-order chi connectivity index (χ0) is 32.5. The molecule has 1 amide bonds. The van der Waals surface area contributed by atoms with Gasteiger partial charge in [0, 0.05) is 25.6 Å². The number of nitrogens with zero attached hydrogens (tertiary/aromatic N) is 2.